The van der Waals surface area contributed by atoms with Gasteiger partial charge in [-0.2, -0.15) is 0 Å². The van der Waals surface area contributed by atoms with E-state index in [0.29, 0.717) is 0 Å². The van der Waals surface area contributed by atoms with Gasteiger partial charge in [0.25, 0.3) is 0 Å². The largest absolute Gasteiger partial charge is 0.480 e. The maximum absolute atomic E-state index is 11.0. The smallest absolute Gasteiger partial charge is 0.326 e. The number of hydrogen-bond acceptors (Lipinski definition) is 3. The van der Waals surface area contributed by atoms with Crippen molar-refractivity contribution >= 4 is 17.3 Å². The molecule has 0 fully saturated rings. The summed E-state index contributed by atoms with van der Waals surface area (Å²) in [5, 5.41) is 12.3. The minimum atomic E-state index is -0.805. The molecule has 2 unspecified atom stereocenters. The van der Waals surface area contributed by atoms with E-state index in [2.05, 4.69) is 5.32 Å². The highest BCUT2D eigenvalue weighted by Crippen LogP contribution is 2.35. The number of para-hydroxylation sites is 2. The van der Waals surface area contributed by atoms with Crippen molar-refractivity contribution in [3.63, 3.8) is 0 Å². The van der Waals surface area contributed by atoms with E-state index >= 15 is 0 Å². The number of anilines is 2. The molecule has 1 heterocycles. The Bertz CT molecular complexity index is 392. The second kappa shape index (κ2) is 3.46. The van der Waals surface area contributed by atoms with Crippen LogP contribution in [0.4, 0.5) is 11.4 Å². The van der Waals surface area contributed by atoms with E-state index < -0.39 is 12.0 Å². The maximum Gasteiger partial charge on any atom is 0.326 e. The monoisotopic (exact) mass is 206 g/mol. The zero-order chi connectivity index (χ0) is 11.0. The molecule has 4 heteroatoms. The van der Waals surface area contributed by atoms with Crippen molar-refractivity contribution in [3.05, 3.63) is 24.3 Å². The van der Waals surface area contributed by atoms with Crippen LogP contribution in [0.3, 0.4) is 0 Å². The lowest BCUT2D eigenvalue weighted by atomic mass is 10.2. The Hall–Kier alpha value is -1.71. The first-order valence-electron chi connectivity index (χ1n) is 4.98. The minimum absolute atomic E-state index is 0.0218. The van der Waals surface area contributed by atoms with Crippen molar-refractivity contribution in [2.45, 2.75) is 26.1 Å². The van der Waals surface area contributed by atoms with Gasteiger partial charge in [0.05, 0.1) is 17.5 Å². The highest BCUT2D eigenvalue weighted by atomic mass is 16.4. The Morgan fingerprint density at radius 1 is 1.53 bits per heavy atom. The Morgan fingerprint density at radius 2 is 2.20 bits per heavy atom. The predicted octanol–water partition coefficient (Wildman–Crippen LogP) is 1.74. The molecule has 2 N–H and O–H groups in total. The van der Waals surface area contributed by atoms with Gasteiger partial charge in [-0.1, -0.05) is 12.1 Å². The average molecular weight is 206 g/mol. The van der Waals surface area contributed by atoms with Gasteiger partial charge in [0.1, 0.15) is 6.04 Å². The fourth-order valence-corrected chi connectivity index (χ4v) is 1.99. The molecule has 0 saturated carbocycles. The average Bonchev–Trinajstić information content (AvgIpc) is 2.52. The summed E-state index contributed by atoms with van der Waals surface area (Å²) < 4.78 is 0. The van der Waals surface area contributed by atoms with Crippen LogP contribution in [0.15, 0.2) is 24.3 Å². The molecule has 1 aliphatic rings. The molecular formula is C11H14N2O2. The summed E-state index contributed by atoms with van der Waals surface area (Å²) in [6, 6.07) is 7.23. The molecule has 0 radical (unpaired) electrons. The Labute approximate surface area is 88.5 Å². The van der Waals surface area contributed by atoms with Crippen LogP contribution in [0.1, 0.15) is 13.8 Å². The number of carboxylic acids is 1. The van der Waals surface area contributed by atoms with E-state index in [-0.39, 0.29) is 6.17 Å². The molecule has 4 nitrogen and oxygen atoms in total. The zero-order valence-electron chi connectivity index (χ0n) is 8.77. The number of nitrogens with one attached hydrogen (secondary N) is 1. The minimum Gasteiger partial charge on any atom is -0.480 e. The maximum atomic E-state index is 11.0. The molecule has 80 valence electrons. The van der Waals surface area contributed by atoms with Gasteiger partial charge in [0.2, 0.25) is 0 Å². The number of rotatable bonds is 2. The molecular weight excluding hydrogens is 192 g/mol. The molecule has 2 atom stereocenters. The summed E-state index contributed by atoms with van der Waals surface area (Å²) in [5.41, 5.74) is 1.96. The first-order chi connectivity index (χ1) is 7.11. The molecule has 2 rings (SSSR count). The number of carbonyl (C=O) groups is 1. The highest BCUT2D eigenvalue weighted by Gasteiger charge is 2.31. The van der Waals surface area contributed by atoms with Crippen molar-refractivity contribution in [1.82, 2.24) is 0 Å². The van der Waals surface area contributed by atoms with Crippen LogP contribution >= 0.6 is 0 Å². The van der Waals surface area contributed by atoms with E-state index in [4.69, 9.17) is 5.11 Å². The molecule has 0 spiro atoms. The lowest BCUT2D eigenvalue weighted by Gasteiger charge is -2.27. The number of benzene rings is 1. The van der Waals surface area contributed by atoms with Gasteiger partial charge >= 0.3 is 5.97 Å². The van der Waals surface area contributed by atoms with E-state index in [0.717, 1.165) is 11.4 Å². The second-order valence-electron chi connectivity index (χ2n) is 3.76. The molecule has 0 bridgehead atoms. The SMILES string of the molecule is CC1Nc2ccccc2N1C(C)C(=O)O. The summed E-state index contributed by atoms with van der Waals surface area (Å²) in [5.74, 6) is -0.805. The van der Waals surface area contributed by atoms with Crippen LogP contribution in [0.5, 0.6) is 0 Å². The van der Waals surface area contributed by atoms with Crippen molar-refractivity contribution in [2.75, 3.05) is 10.2 Å². The number of hydrogen-bond donors (Lipinski definition) is 2. The van der Waals surface area contributed by atoms with Crippen LogP contribution < -0.4 is 10.2 Å². The lowest BCUT2D eigenvalue weighted by molar-refractivity contribution is -0.138. The summed E-state index contributed by atoms with van der Waals surface area (Å²) in [7, 11) is 0. The highest BCUT2D eigenvalue weighted by molar-refractivity contribution is 5.84. The second-order valence-corrected chi connectivity index (χ2v) is 3.76. The fraction of sp³-hybridized carbons (Fsp3) is 0.364. The predicted molar refractivity (Wildman–Crippen MR) is 59.1 cm³/mol. The molecule has 0 aromatic heterocycles. The van der Waals surface area contributed by atoms with Crippen molar-refractivity contribution < 1.29 is 9.90 Å². The van der Waals surface area contributed by atoms with Gasteiger partial charge in [0.15, 0.2) is 0 Å². The first-order valence-corrected chi connectivity index (χ1v) is 4.98. The number of fused-ring (bicyclic) bond motifs is 1. The molecule has 1 aliphatic heterocycles. The number of nitrogens with zero attached hydrogens (tertiary/aromatic N) is 1. The molecule has 15 heavy (non-hydrogen) atoms. The van der Waals surface area contributed by atoms with Crippen LogP contribution in [0, 0.1) is 0 Å². The Balaban J connectivity index is 2.37. The van der Waals surface area contributed by atoms with Crippen LogP contribution in [0.2, 0.25) is 0 Å². The lowest BCUT2D eigenvalue weighted by Crippen LogP contribution is -2.44. The number of aliphatic carboxylic acids is 1. The van der Waals surface area contributed by atoms with Gasteiger partial charge in [0, 0.05) is 0 Å². The van der Waals surface area contributed by atoms with E-state index in [9.17, 15) is 4.79 Å². The van der Waals surface area contributed by atoms with Gasteiger partial charge in [-0.15, -0.1) is 0 Å². The van der Waals surface area contributed by atoms with Crippen molar-refractivity contribution in [1.29, 1.82) is 0 Å². The van der Waals surface area contributed by atoms with Gasteiger partial charge in [-0.3, -0.25) is 0 Å². The molecule has 0 aliphatic carbocycles. The summed E-state index contributed by atoms with van der Waals surface area (Å²) in [4.78, 5) is 12.8. The number of carboxylic acid groups (broad SMARTS) is 1. The van der Waals surface area contributed by atoms with Crippen molar-refractivity contribution in [2.24, 2.45) is 0 Å². The summed E-state index contributed by atoms with van der Waals surface area (Å²) in [6.45, 7) is 3.65. The van der Waals surface area contributed by atoms with E-state index in [1.165, 1.54) is 0 Å². The zero-order valence-corrected chi connectivity index (χ0v) is 8.77. The molecule has 0 saturated heterocycles. The van der Waals surface area contributed by atoms with Crippen molar-refractivity contribution in [3.8, 4) is 0 Å². The molecule has 1 aromatic carbocycles. The van der Waals surface area contributed by atoms with Gasteiger partial charge in [-0.25, -0.2) is 4.79 Å². The van der Waals surface area contributed by atoms with Crippen LogP contribution in [0.25, 0.3) is 0 Å². The standard InChI is InChI=1S/C11H14N2O2/c1-7(11(14)15)13-8(2)12-9-5-3-4-6-10(9)13/h3-8,12H,1-2H3,(H,14,15). The molecule has 0 amide bonds. The summed E-state index contributed by atoms with van der Waals surface area (Å²) in [6.07, 6.45) is 0.0218. The van der Waals surface area contributed by atoms with Gasteiger partial charge in [-0.05, 0) is 26.0 Å². The third-order valence-corrected chi connectivity index (χ3v) is 2.74. The quantitative estimate of drug-likeness (QED) is 0.773. The molecule has 1 aromatic rings. The Kier molecular flexibility index (Phi) is 2.26. The Morgan fingerprint density at radius 3 is 2.87 bits per heavy atom. The van der Waals surface area contributed by atoms with E-state index in [1.54, 1.807) is 6.92 Å². The normalized spacial score (nSPS) is 20.7. The third kappa shape index (κ3) is 1.52. The first kappa shape index (κ1) is 9.83. The third-order valence-electron chi connectivity index (χ3n) is 2.74. The van der Waals surface area contributed by atoms with Crippen LogP contribution in [-0.4, -0.2) is 23.3 Å². The topological polar surface area (TPSA) is 52.6 Å². The van der Waals surface area contributed by atoms with Gasteiger partial charge < -0.3 is 15.3 Å². The fourth-order valence-electron chi connectivity index (χ4n) is 1.99. The summed E-state index contributed by atoms with van der Waals surface area (Å²) >= 11 is 0. The van der Waals surface area contributed by atoms with Crippen LogP contribution in [-0.2, 0) is 4.79 Å². The van der Waals surface area contributed by atoms with E-state index in [1.807, 2.05) is 36.1 Å².